The molecule has 0 saturated carbocycles. The van der Waals surface area contributed by atoms with Gasteiger partial charge in [0.1, 0.15) is 13.2 Å². The maximum atomic E-state index is 12.9. The van der Waals surface area contributed by atoms with E-state index in [1.165, 1.54) is 263 Å². The van der Waals surface area contributed by atoms with Gasteiger partial charge in [-0.1, -0.05) is 329 Å². The summed E-state index contributed by atoms with van der Waals surface area (Å²) < 4.78 is 17.0. The van der Waals surface area contributed by atoms with Crippen LogP contribution in [0.2, 0.25) is 0 Å². The van der Waals surface area contributed by atoms with Gasteiger partial charge in [-0.3, -0.25) is 14.4 Å². The molecule has 1 atom stereocenters. The molecule has 0 rings (SSSR count). The minimum absolute atomic E-state index is 0.0613. The quantitative estimate of drug-likeness (QED) is 0.0343. The molecule has 0 aromatic carbocycles. The van der Waals surface area contributed by atoms with Crippen molar-refractivity contribution in [2.75, 3.05) is 13.2 Å². The van der Waals surface area contributed by atoms with Crippen LogP contribution in [0, 0.1) is 5.92 Å². The van der Waals surface area contributed by atoms with Gasteiger partial charge >= 0.3 is 17.9 Å². The van der Waals surface area contributed by atoms with Gasteiger partial charge in [0.05, 0.1) is 0 Å². The molecule has 0 fully saturated rings. The van der Waals surface area contributed by atoms with E-state index in [1.807, 2.05) is 0 Å². The Labute approximate surface area is 438 Å². The van der Waals surface area contributed by atoms with Gasteiger partial charge in [0, 0.05) is 19.3 Å². The molecule has 0 aliphatic rings. The van der Waals surface area contributed by atoms with Crippen LogP contribution in [0.25, 0.3) is 0 Å². The molecule has 0 aromatic rings. The van der Waals surface area contributed by atoms with Crippen LogP contribution < -0.4 is 0 Å². The van der Waals surface area contributed by atoms with Crippen molar-refractivity contribution in [1.29, 1.82) is 0 Å². The third-order valence-electron chi connectivity index (χ3n) is 14.8. The second kappa shape index (κ2) is 58.3. The number of esters is 3. The van der Waals surface area contributed by atoms with Crippen molar-refractivity contribution in [2.24, 2.45) is 5.92 Å². The summed E-state index contributed by atoms with van der Waals surface area (Å²) in [5.41, 5.74) is 0. The Kier molecular flexibility index (Phi) is 57.0. The average Bonchev–Trinajstić information content (AvgIpc) is 3.35. The molecule has 6 heteroatoms. The van der Waals surface area contributed by atoms with Gasteiger partial charge in [-0.05, 0) is 25.2 Å². The van der Waals surface area contributed by atoms with Gasteiger partial charge in [0.2, 0.25) is 0 Å². The van der Waals surface area contributed by atoms with Crippen molar-refractivity contribution in [2.45, 2.75) is 374 Å². The first-order valence-electron chi connectivity index (χ1n) is 31.9. The van der Waals surface area contributed by atoms with Crippen LogP contribution in [-0.2, 0) is 28.6 Å². The van der Waals surface area contributed by atoms with Crippen LogP contribution >= 0.6 is 0 Å². The fourth-order valence-corrected chi connectivity index (χ4v) is 9.99. The van der Waals surface area contributed by atoms with E-state index < -0.39 is 6.10 Å². The Morgan fingerprint density at radius 1 is 0.271 bits per heavy atom. The molecule has 70 heavy (non-hydrogen) atoms. The Hall–Kier alpha value is -1.59. The zero-order valence-corrected chi connectivity index (χ0v) is 48.0. The molecule has 0 aromatic heterocycles. The van der Waals surface area contributed by atoms with Gasteiger partial charge in [-0.25, -0.2) is 0 Å². The molecule has 0 heterocycles. The maximum absolute atomic E-state index is 12.9. The Morgan fingerprint density at radius 3 is 0.700 bits per heavy atom. The van der Waals surface area contributed by atoms with Crippen LogP contribution in [0.1, 0.15) is 368 Å². The van der Waals surface area contributed by atoms with Crippen molar-refractivity contribution in [1.82, 2.24) is 0 Å². The third kappa shape index (κ3) is 57.3. The SMILES string of the molecule is CCCCCCCCCCCCCCCCCCCCCC(=O)OC[C@H](COC(=O)CCCCCCCCCCCCCCCCCCC)OC(=O)CCCCCCCCCCCCCCCC(C)C. The number of rotatable bonds is 59. The highest BCUT2D eigenvalue weighted by atomic mass is 16.6. The summed E-state index contributed by atoms with van der Waals surface area (Å²) in [6.45, 7) is 9.09. The molecule has 0 unspecified atom stereocenters. The molecule has 416 valence electrons. The summed E-state index contributed by atoms with van der Waals surface area (Å²) >= 11 is 0. The maximum Gasteiger partial charge on any atom is 0.306 e. The fourth-order valence-electron chi connectivity index (χ4n) is 9.99. The second-order valence-electron chi connectivity index (χ2n) is 22.5. The van der Waals surface area contributed by atoms with E-state index in [0.29, 0.717) is 19.3 Å². The Bertz CT molecular complexity index is 1060. The van der Waals surface area contributed by atoms with Gasteiger partial charge in [-0.2, -0.15) is 0 Å². The van der Waals surface area contributed by atoms with Gasteiger partial charge < -0.3 is 14.2 Å². The van der Waals surface area contributed by atoms with E-state index in [1.54, 1.807) is 0 Å². The van der Waals surface area contributed by atoms with E-state index in [2.05, 4.69) is 27.7 Å². The first kappa shape index (κ1) is 68.4. The van der Waals surface area contributed by atoms with Gasteiger partial charge in [-0.15, -0.1) is 0 Å². The predicted molar refractivity (Wildman–Crippen MR) is 303 cm³/mol. The summed E-state index contributed by atoms with van der Waals surface area (Å²) in [5.74, 6) is 0.0101. The lowest BCUT2D eigenvalue weighted by Crippen LogP contribution is -2.30. The molecule has 0 aliphatic carbocycles. The fraction of sp³-hybridized carbons (Fsp3) is 0.953. The largest absolute Gasteiger partial charge is 0.462 e. The highest BCUT2D eigenvalue weighted by Crippen LogP contribution is 2.19. The first-order chi connectivity index (χ1) is 34.4. The van der Waals surface area contributed by atoms with Crippen LogP contribution in [-0.4, -0.2) is 37.2 Å². The average molecular weight is 990 g/mol. The van der Waals surface area contributed by atoms with Crippen LogP contribution in [0.5, 0.6) is 0 Å². The number of hydrogen-bond acceptors (Lipinski definition) is 6. The number of unbranched alkanes of at least 4 members (excludes halogenated alkanes) is 46. The van der Waals surface area contributed by atoms with Crippen LogP contribution in [0.15, 0.2) is 0 Å². The molecule has 0 amide bonds. The molecule has 0 bridgehead atoms. The zero-order valence-electron chi connectivity index (χ0n) is 48.0. The molecule has 0 saturated heterocycles. The third-order valence-corrected chi connectivity index (χ3v) is 14.8. The summed E-state index contributed by atoms with van der Waals surface area (Å²) in [4.78, 5) is 38.3. The standard InChI is InChI=1S/C64H124O6/c1-5-7-9-11-13-15-17-19-21-23-24-26-28-32-36-40-44-48-52-56-63(66)69-59-61(70-64(67)57-53-49-45-41-37-33-29-30-34-38-42-46-50-54-60(3)4)58-68-62(65)55-51-47-43-39-35-31-27-25-22-20-18-16-14-12-10-8-6-2/h60-61H,5-59H2,1-4H3/t61-/m0/s1. The first-order valence-corrected chi connectivity index (χ1v) is 31.9. The van der Waals surface area contributed by atoms with E-state index in [9.17, 15) is 14.4 Å². The summed E-state index contributed by atoms with van der Waals surface area (Å²) in [7, 11) is 0. The van der Waals surface area contributed by atoms with E-state index >= 15 is 0 Å². The van der Waals surface area contributed by atoms with E-state index in [-0.39, 0.29) is 31.1 Å². The lowest BCUT2D eigenvalue weighted by atomic mass is 10.0. The van der Waals surface area contributed by atoms with E-state index in [4.69, 9.17) is 14.2 Å². The highest BCUT2D eigenvalue weighted by Gasteiger charge is 2.19. The van der Waals surface area contributed by atoms with Crippen molar-refractivity contribution >= 4 is 17.9 Å². The monoisotopic (exact) mass is 989 g/mol. The smallest absolute Gasteiger partial charge is 0.306 e. The molecule has 0 N–H and O–H groups in total. The lowest BCUT2D eigenvalue weighted by molar-refractivity contribution is -0.167. The zero-order chi connectivity index (χ0) is 50.9. The molecular weight excluding hydrogens is 865 g/mol. The molecular formula is C64H124O6. The normalized spacial score (nSPS) is 12.0. The van der Waals surface area contributed by atoms with Crippen LogP contribution in [0.4, 0.5) is 0 Å². The molecule has 0 radical (unpaired) electrons. The van der Waals surface area contributed by atoms with Gasteiger partial charge in [0.25, 0.3) is 0 Å². The summed E-state index contributed by atoms with van der Waals surface area (Å²) in [6, 6.07) is 0. The summed E-state index contributed by atoms with van der Waals surface area (Å²) in [6.07, 6.45) is 65.3. The topological polar surface area (TPSA) is 78.9 Å². The van der Waals surface area contributed by atoms with Crippen molar-refractivity contribution in [3.05, 3.63) is 0 Å². The van der Waals surface area contributed by atoms with Gasteiger partial charge in [0.15, 0.2) is 6.10 Å². The van der Waals surface area contributed by atoms with Crippen LogP contribution in [0.3, 0.4) is 0 Å². The van der Waals surface area contributed by atoms with Crippen molar-refractivity contribution < 1.29 is 28.6 Å². The Morgan fingerprint density at radius 2 is 0.471 bits per heavy atom. The molecule has 6 nitrogen and oxygen atoms in total. The summed E-state index contributed by atoms with van der Waals surface area (Å²) in [5, 5.41) is 0. The van der Waals surface area contributed by atoms with Crippen molar-refractivity contribution in [3.8, 4) is 0 Å². The predicted octanol–water partition coefficient (Wildman–Crippen LogP) is 21.4. The number of carbonyl (C=O) groups is 3. The minimum Gasteiger partial charge on any atom is -0.462 e. The Balaban J connectivity index is 4.28. The lowest BCUT2D eigenvalue weighted by Gasteiger charge is -2.18. The number of ether oxygens (including phenoxy) is 3. The highest BCUT2D eigenvalue weighted by molar-refractivity contribution is 5.71. The van der Waals surface area contributed by atoms with Crippen molar-refractivity contribution in [3.63, 3.8) is 0 Å². The number of hydrogen-bond donors (Lipinski definition) is 0. The molecule has 0 spiro atoms. The van der Waals surface area contributed by atoms with E-state index in [0.717, 1.165) is 63.7 Å². The second-order valence-corrected chi connectivity index (χ2v) is 22.5. The molecule has 0 aliphatic heterocycles. The minimum atomic E-state index is -0.763. The number of carbonyl (C=O) groups excluding carboxylic acids is 3.